The van der Waals surface area contributed by atoms with Gasteiger partial charge in [-0.1, -0.05) is 87.6 Å². The Hall–Kier alpha value is 0.480. The van der Waals surface area contributed by atoms with Crippen LogP contribution in [0.5, 0.6) is 0 Å². The molecule has 0 rings (SSSR count). The molecule has 1 heteroatoms. The average molecular weight is 277 g/mol. The fourth-order valence-electron chi connectivity index (χ4n) is 2.13. The summed E-state index contributed by atoms with van der Waals surface area (Å²) in [6.07, 6.45) is 14.2. The minimum absolute atomic E-state index is 0.993. The molecule has 0 aromatic heterocycles. The fraction of sp³-hybridized carbons (Fsp3) is 1.00. The first-order valence-electron chi connectivity index (χ1n) is 6.91. The Kier molecular flexibility index (Phi) is 13.0. The molecular weight excluding hydrogens is 248 g/mol. The van der Waals surface area contributed by atoms with Crippen molar-refractivity contribution in [2.45, 2.75) is 78.1 Å². The predicted molar refractivity (Wildman–Crippen MR) is 74.8 cm³/mol. The molecule has 0 fully saturated rings. The zero-order chi connectivity index (χ0) is 11.4. The molecule has 0 amide bonds. The lowest BCUT2D eigenvalue weighted by Gasteiger charge is -2.15. The van der Waals surface area contributed by atoms with E-state index in [1.54, 1.807) is 0 Å². The second kappa shape index (κ2) is 12.5. The molecule has 1 atom stereocenters. The third kappa shape index (κ3) is 10.8. The van der Waals surface area contributed by atoms with Crippen molar-refractivity contribution in [1.82, 2.24) is 0 Å². The maximum absolute atomic E-state index is 3.58. The van der Waals surface area contributed by atoms with Crippen molar-refractivity contribution in [1.29, 1.82) is 0 Å². The summed E-state index contributed by atoms with van der Waals surface area (Å²) in [4.78, 5) is 0. The third-order valence-corrected chi connectivity index (χ3v) is 3.66. The van der Waals surface area contributed by atoms with Crippen LogP contribution in [0.4, 0.5) is 0 Å². The molecule has 0 heterocycles. The van der Waals surface area contributed by atoms with Gasteiger partial charge in [0.15, 0.2) is 0 Å². The quantitative estimate of drug-likeness (QED) is 0.324. The lowest BCUT2D eigenvalue weighted by Crippen LogP contribution is -2.01. The molecule has 0 saturated heterocycles. The SMILES string of the molecule is CCCCCCC(CCBr)CCCCC. The highest BCUT2D eigenvalue weighted by Gasteiger charge is 2.07. The van der Waals surface area contributed by atoms with Gasteiger partial charge in [0.05, 0.1) is 0 Å². The van der Waals surface area contributed by atoms with E-state index in [-0.39, 0.29) is 0 Å². The summed E-state index contributed by atoms with van der Waals surface area (Å²) in [5.41, 5.74) is 0. The van der Waals surface area contributed by atoms with Gasteiger partial charge < -0.3 is 0 Å². The van der Waals surface area contributed by atoms with Gasteiger partial charge in [-0.3, -0.25) is 0 Å². The van der Waals surface area contributed by atoms with Crippen LogP contribution in [0.3, 0.4) is 0 Å². The van der Waals surface area contributed by atoms with Crippen molar-refractivity contribution in [2.24, 2.45) is 5.92 Å². The van der Waals surface area contributed by atoms with Crippen LogP contribution >= 0.6 is 15.9 Å². The van der Waals surface area contributed by atoms with Gasteiger partial charge in [-0.25, -0.2) is 0 Å². The van der Waals surface area contributed by atoms with Crippen molar-refractivity contribution in [3.8, 4) is 0 Å². The standard InChI is InChI=1S/C14H29Br/c1-3-5-7-9-11-14(12-13-15)10-8-6-4-2/h14H,3-13H2,1-2H3. The van der Waals surface area contributed by atoms with Gasteiger partial charge >= 0.3 is 0 Å². The molecule has 0 N–H and O–H groups in total. The first-order chi connectivity index (χ1) is 7.35. The zero-order valence-electron chi connectivity index (χ0n) is 10.7. The van der Waals surface area contributed by atoms with E-state index in [9.17, 15) is 0 Å². The largest absolute Gasteiger partial charge is 0.0928 e. The number of hydrogen-bond donors (Lipinski definition) is 0. The molecule has 0 radical (unpaired) electrons. The molecule has 15 heavy (non-hydrogen) atoms. The van der Waals surface area contributed by atoms with Crippen LogP contribution in [0, 0.1) is 5.92 Å². The summed E-state index contributed by atoms with van der Waals surface area (Å²) in [5, 5.41) is 1.19. The highest BCUT2D eigenvalue weighted by Crippen LogP contribution is 2.21. The Labute approximate surface area is 105 Å². The molecule has 0 aliphatic rings. The first kappa shape index (κ1) is 15.5. The molecule has 0 aliphatic carbocycles. The van der Waals surface area contributed by atoms with Gasteiger partial charge in [-0.2, -0.15) is 0 Å². The first-order valence-corrected chi connectivity index (χ1v) is 8.03. The van der Waals surface area contributed by atoms with Gasteiger partial charge in [-0.05, 0) is 12.3 Å². The molecule has 0 spiro atoms. The summed E-state index contributed by atoms with van der Waals surface area (Å²) in [5.74, 6) is 0.993. The number of rotatable bonds is 11. The topological polar surface area (TPSA) is 0 Å². The van der Waals surface area contributed by atoms with E-state index < -0.39 is 0 Å². The number of halogens is 1. The third-order valence-electron chi connectivity index (χ3n) is 3.20. The summed E-state index contributed by atoms with van der Waals surface area (Å²) in [6.45, 7) is 4.58. The van der Waals surface area contributed by atoms with Gasteiger partial charge in [0.25, 0.3) is 0 Å². The van der Waals surface area contributed by atoms with Gasteiger partial charge in [-0.15, -0.1) is 0 Å². The van der Waals surface area contributed by atoms with Gasteiger partial charge in [0, 0.05) is 5.33 Å². The molecule has 92 valence electrons. The van der Waals surface area contributed by atoms with Gasteiger partial charge in [0.2, 0.25) is 0 Å². The van der Waals surface area contributed by atoms with Crippen LogP contribution in [-0.2, 0) is 0 Å². The number of unbranched alkanes of at least 4 members (excludes halogenated alkanes) is 5. The summed E-state index contributed by atoms with van der Waals surface area (Å²) in [7, 11) is 0. The highest BCUT2D eigenvalue weighted by molar-refractivity contribution is 9.09. The van der Waals surface area contributed by atoms with Crippen molar-refractivity contribution in [3.63, 3.8) is 0 Å². The van der Waals surface area contributed by atoms with Crippen molar-refractivity contribution >= 4 is 15.9 Å². The zero-order valence-corrected chi connectivity index (χ0v) is 12.3. The smallest absolute Gasteiger partial charge is 0.00339 e. The summed E-state index contributed by atoms with van der Waals surface area (Å²) < 4.78 is 0. The van der Waals surface area contributed by atoms with Crippen LogP contribution in [0.1, 0.15) is 78.1 Å². The Bertz CT molecular complexity index is 112. The maximum Gasteiger partial charge on any atom is 0.00339 e. The van der Waals surface area contributed by atoms with Crippen molar-refractivity contribution in [2.75, 3.05) is 5.33 Å². The average Bonchev–Trinajstić information content (AvgIpc) is 2.24. The van der Waals surface area contributed by atoms with Crippen LogP contribution in [0.15, 0.2) is 0 Å². The van der Waals surface area contributed by atoms with E-state index in [1.165, 1.54) is 69.5 Å². The van der Waals surface area contributed by atoms with Crippen molar-refractivity contribution in [3.05, 3.63) is 0 Å². The number of hydrogen-bond acceptors (Lipinski definition) is 0. The van der Waals surface area contributed by atoms with E-state index in [0.717, 1.165) is 5.92 Å². The van der Waals surface area contributed by atoms with Gasteiger partial charge in [0.1, 0.15) is 0 Å². The Morgan fingerprint density at radius 1 is 0.733 bits per heavy atom. The normalized spacial score (nSPS) is 13.0. The van der Waals surface area contributed by atoms with Crippen LogP contribution in [0.25, 0.3) is 0 Å². The molecule has 0 aliphatic heterocycles. The fourth-order valence-corrected chi connectivity index (χ4v) is 2.78. The second-order valence-corrected chi connectivity index (χ2v) is 5.48. The molecule has 0 nitrogen and oxygen atoms in total. The van der Waals surface area contributed by atoms with Crippen molar-refractivity contribution < 1.29 is 0 Å². The maximum atomic E-state index is 3.58. The second-order valence-electron chi connectivity index (χ2n) is 4.69. The predicted octanol–water partition coefficient (Wildman–Crippen LogP) is 5.94. The monoisotopic (exact) mass is 276 g/mol. The van der Waals surface area contributed by atoms with E-state index in [1.807, 2.05) is 0 Å². The summed E-state index contributed by atoms with van der Waals surface area (Å²) >= 11 is 3.58. The Morgan fingerprint density at radius 3 is 1.80 bits per heavy atom. The van der Waals surface area contributed by atoms with E-state index in [2.05, 4.69) is 29.8 Å². The number of alkyl halides is 1. The molecule has 0 bridgehead atoms. The minimum Gasteiger partial charge on any atom is -0.0928 e. The minimum atomic E-state index is 0.993. The van der Waals surface area contributed by atoms with Crippen LogP contribution in [-0.4, -0.2) is 5.33 Å². The Balaban J connectivity index is 3.44. The van der Waals surface area contributed by atoms with Crippen LogP contribution in [0.2, 0.25) is 0 Å². The lowest BCUT2D eigenvalue weighted by atomic mass is 9.93. The van der Waals surface area contributed by atoms with E-state index >= 15 is 0 Å². The molecule has 1 unspecified atom stereocenters. The summed E-state index contributed by atoms with van der Waals surface area (Å²) in [6, 6.07) is 0. The lowest BCUT2D eigenvalue weighted by molar-refractivity contribution is 0.400. The molecular formula is C14H29Br. The highest BCUT2D eigenvalue weighted by atomic mass is 79.9. The molecule has 0 aromatic carbocycles. The van der Waals surface area contributed by atoms with E-state index in [4.69, 9.17) is 0 Å². The van der Waals surface area contributed by atoms with Crippen LogP contribution < -0.4 is 0 Å². The van der Waals surface area contributed by atoms with E-state index in [0.29, 0.717) is 0 Å². The molecule has 0 aromatic rings. The molecule has 0 saturated carbocycles. The Morgan fingerprint density at radius 2 is 1.27 bits per heavy atom.